The van der Waals surface area contributed by atoms with E-state index in [4.69, 9.17) is 5.53 Å². The Labute approximate surface area is 215 Å². The van der Waals surface area contributed by atoms with Gasteiger partial charge in [0.2, 0.25) is 24.6 Å². The lowest BCUT2D eigenvalue weighted by Crippen LogP contribution is -2.34. The number of carbonyl (C=O) groups is 5. The molecule has 0 saturated heterocycles. The third kappa shape index (κ3) is 9.44. The Morgan fingerprint density at radius 2 is 1.92 bits per heavy atom. The number of hydrogen-bond acceptors (Lipinski definition) is 9. The van der Waals surface area contributed by atoms with Crippen LogP contribution in [0.2, 0.25) is 0 Å². The lowest BCUT2D eigenvalue weighted by Gasteiger charge is -2.24. The van der Waals surface area contributed by atoms with E-state index in [0.717, 1.165) is 5.56 Å². The number of rotatable bonds is 18. The van der Waals surface area contributed by atoms with Crippen LogP contribution in [0.4, 0.5) is 5.69 Å². The van der Waals surface area contributed by atoms with Crippen LogP contribution in [0.15, 0.2) is 35.2 Å². The molecule has 2 rings (SSSR count). The average molecular weight is 515 g/mol. The van der Waals surface area contributed by atoms with Crippen molar-refractivity contribution in [3.05, 3.63) is 41.2 Å². The highest BCUT2D eigenvalue weighted by Gasteiger charge is 2.32. The molecule has 0 saturated carbocycles. The number of benzene rings is 1. The van der Waals surface area contributed by atoms with E-state index in [1.165, 1.54) is 0 Å². The van der Waals surface area contributed by atoms with Crippen LogP contribution in [-0.2, 0) is 25.7 Å². The summed E-state index contributed by atoms with van der Waals surface area (Å²) in [5.74, 6) is -0.685. The maximum Gasteiger partial charge on any atom is 0.254 e. The fraction of sp³-hybridized carbons (Fsp3) is 0.458. The fourth-order valence-corrected chi connectivity index (χ4v) is 3.79. The molecule has 200 valence electrons. The predicted octanol–water partition coefficient (Wildman–Crippen LogP) is 0.600. The first kappa shape index (κ1) is 29.1. The summed E-state index contributed by atoms with van der Waals surface area (Å²) < 4.78 is 0. The molecule has 1 aliphatic heterocycles. The van der Waals surface area contributed by atoms with E-state index in [0.29, 0.717) is 75.2 Å². The summed E-state index contributed by atoms with van der Waals surface area (Å²) >= 11 is 0. The zero-order valence-electron chi connectivity index (χ0n) is 20.8. The first-order chi connectivity index (χ1) is 17.9. The number of hydrogen-bond donors (Lipinski definition) is 6. The van der Waals surface area contributed by atoms with E-state index < -0.39 is 0 Å². The highest BCUT2D eigenvalue weighted by atomic mass is 16.2. The molecule has 0 fully saturated rings. The molecule has 5 amide bonds. The van der Waals surface area contributed by atoms with Crippen molar-refractivity contribution < 1.29 is 24.0 Å². The van der Waals surface area contributed by atoms with Gasteiger partial charge in [0, 0.05) is 61.5 Å². The van der Waals surface area contributed by atoms with Crippen molar-refractivity contribution in [3.63, 3.8) is 0 Å². The van der Waals surface area contributed by atoms with Crippen LogP contribution in [0.3, 0.4) is 0 Å². The summed E-state index contributed by atoms with van der Waals surface area (Å²) in [4.78, 5) is 59.2. The second kappa shape index (κ2) is 15.8. The Morgan fingerprint density at radius 3 is 2.65 bits per heavy atom. The van der Waals surface area contributed by atoms with Crippen molar-refractivity contribution in [1.82, 2.24) is 26.2 Å². The third-order valence-corrected chi connectivity index (χ3v) is 5.79. The van der Waals surface area contributed by atoms with Gasteiger partial charge >= 0.3 is 0 Å². The van der Waals surface area contributed by atoms with E-state index in [1.54, 1.807) is 29.3 Å². The minimum Gasteiger partial charge on any atom is -0.388 e. The summed E-state index contributed by atoms with van der Waals surface area (Å²) in [6, 6.07) is 5.02. The second-order valence-corrected chi connectivity index (χ2v) is 8.44. The molecule has 0 spiro atoms. The van der Waals surface area contributed by atoms with Gasteiger partial charge in [0.15, 0.2) is 0 Å². The van der Waals surface area contributed by atoms with E-state index in [1.807, 2.05) is 6.92 Å². The van der Waals surface area contributed by atoms with Gasteiger partial charge in [-0.2, -0.15) is 5.11 Å². The zero-order chi connectivity index (χ0) is 27.0. The van der Waals surface area contributed by atoms with Crippen LogP contribution >= 0.6 is 0 Å². The smallest absolute Gasteiger partial charge is 0.254 e. The van der Waals surface area contributed by atoms with E-state index in [-0.39, 0.29) is 36.7 Å². The van der Waals surface area contributed by atoms with Gasteiger partial charge in [-0.1, -0.05) is 6.07 Å². The summed E-state index contributed by atoms with van der Waals surface area (Å²) in [5, 5.41) is 16.9. The first-order valence-electron chi connectivity index (χ1n) is 12.0. The Bertz CT molecular complexity index is 1010. The SMILES string of the molecule is CC(CCC(=O)NC=O)N1Cc2c(NC(=O)CCCNCCN/C=C(/CNC=O)N=N)cccc2C1=O. The number of anilines is 1. The van der Waals surface area contributed by atoms with Gasteiger partial charge in [-0.25, -0.2) is 5.53 Å². The minimum absolute atomic E-state index is 0.130. The fourth-order valence-electron chi connectivity index (χ4n) is 3.79. The number of carbonyl (C=O) groups excluding carboxylic acids is 5. The molecule has 1 unspecified atom stereocenters. The van der Waals surface area contributed by atoms with Crippen molar-refractivity contribution in [3.8, 4) is 0 Å². The number of fused-ring (bicyclic) bond motifs is 1. The molecule has 0 bridgehead atoms. The predicted molar refractivity (Wildman–Crippen MR) is 135 cm³/mol. The van der Waals surface area contributed by atoms with Gasteiger partial charge in [0.05, 0.1) is 12.2 Å². The summed E-state index contributed by atoms with van der Waals surface area (Å²) in [5.41, 5.74) is 9.31. The standard InChI is InChI=1S/C24H34N8O5/c1-17(7-8-22(35)29-16-34)32-14-20-19(24(32)37)4-2-5-21(20)30-23(36)6-3-9-26-10-11-27-12-18(31-25)13-28-15-33/h2,4-5,12,15-17,25-27H,3,6-11,13-14H2,1H3,(H,28,33)(H,30,36)(H,29,34,35)/b18-12-,31-25?. The lowest BCUT2D eigenvalue weighted by molar-refractivity contribution is -0.125. The quantitative estimate of drug-likeness (QED) is 0.0940. The largest absolute Gasteiger partial charge is 0.388 e. The van der Waals surface area contributed by atoms with Gasteiger partial charge in [-0.05, 0) is 38.4 Å². The van der Waals surface area contributed by atoms with Gasteiger partial charge < -0.3 is 26.2 Å². The number of nitrogens with one attached hydrogen (secondary N) is 6. The summed E-state index contributed by atoms with van der Waals surface area (Å²) in [6.07, 6.45) is 3.93. The number of amides is 5. The third-order valence-electron chi connectivity index (χ3n) is 5.79. The van der Waals surface area contributed by atoms with E-state index >= 15 is 0 Å². The van der Waals surface area contributed by atoms with Crippen LogP contribution in [0.25, 0.3) is 0 Å². The molecule has 1 heterocycles. The molecule has 13 nitrogen and oxygen atoms in total. The zero-order valence-corrected chi connectivity index (χ0v) is 20.8. The van der Waals surface area contributed by atoms with Crippen LogP contribution < -0.4 is 26.6 Å². The molecule has 1 aromatic rings. The summed E-state index contributed by atoms with van der Waals surface area (Å²) in [7, 11) is 0. The maximum absolute atomic E-state index is 12.9. The molecule has 1 aliphatic rings. The van der Waals surface area contributed by atoms with E-state index in [2.05, 4.69) is 31.7 Å². The highest BCUT2D eigenvalue weighted by Crippen LogP contribution is 2.31. The van der Waals surface area contributed by atoms with Crippen LogP contribution in [-0.4, -0.2) is 67.7 Å². The molecular weight excluding hydrogens is 480 g/mol. The van der Waals surface area contributed by atoms with Gasteiger partial charge in [-0.15, -0.1) is 0 Å². The van der Waals surface area contributed by atoms with E-state index in [9.17, 15) is 24.0 Å². The molecule has 0 radical (unpaired) electrons. The maximum atomic E-state index is 12.9. The monoisotopic (exact) mass is 514 g/mol. The molecule has 37 heavy (non-hydrogen) atoms. The minimum atomic E-state index is -0.389. The van der Waals surface area contributed by atoms with Crippen molar-refractivity contribution >= 4 is 36.2 Å². The Kier molecular flexibility index (Phi) is 12.4. The second-order valence-electron chi connectivity index (χ2n) is 8.44. The van der Waals surface area contributed by atoms with Crippen LogP contribution in [0, 0.1) is 5.53 Å². The van der Waals surface area contributed by atoms with Crippen molar-refractivity contribution in [2.24, 2.45) is 5.11 Å². The van der Waals surface area contributed by atoms with Crippen LogP contribution in [0.5, 0.6) is 0 Å². The van der Waals surface area contributed by atoms with Crippen LogP contribution in [0.1, 0.15) is 48.5 Å². The number of nitrogens with zero attached hydrogens (tertiary/aromatic N) is 2. The van der Waals surface area contributed by atoms with Crippen molar-refractivity contribution in [1.29, 1.82) is 5.53 Å². The molecule has 1 atom stereocenters. The molecule has 0 aromatic heterocycles. The van der Waals surface area contributed by atoms with Crippen molar-refractivity contribution in [2.75, 3.05) is 31.5 Å². The first-order valence-corrected chi connectivity index (χ1v) is 12.0. The molecule has 1 aromatic carbocycles. The molecule has 6 N–H and O–H groups in total. The van der Waals surface area contributed by atoms with Gasteiger partial charge in [0.25, 0.3) is 5.91 Å². The Balaban J connectivity index is 1.74. The Hall–Kier alpha value is -4.13. The normalized spacial score (nSPS) is 13.4. The van der Waals surface area contributed by atoms with Gasteiger partial charge in [0.1, 0.15) is 0 Å². The summed E-state index contributed by atoms with van der Waals surface area (Å²) in [6.45, 7) is 4.24. The molecule has 0 aliphatic carbocycles. The topological polar surface area (TPSA) is 185 Å². The average Bonchev–Trinajstić information content (AvgIpc) is 3.23. The van der Waals surface area contributed by atoms with Crippen molar-refractivity contribution in [2.45, 2.75) is 45.2 Å². The lowest BCUT2D eigenvalue weighted by atomic mass is 10.1. The molecule has 13 heteroatoms. The molecular formula is C24H34N8O5. The number of imide groups is 1. The Morgan fingerprint density at radius 1 is 1.11 bits per heavy atom. The van der Waals surface area contributed by atoms with Gasteiger partial charge in [-0.3, -0.25) is 29.3 Å². The highest BCUT2D eigenvalue weighted by molar-refractivity contribution is 6.02.